The third-order valence-corrected chi connectivity index (χ3v) is 4.29. The lowest BCUT2D eigenvalue weighted by Gasteiger charge is -2.12. The average molecular weight is 444 g/mol. The van der Waals surface area contributed by atoms with Crippen LogP contribution in [0.1, 0.15) is 29.9 Å². The van der Waals surface area contributed by atoms with E-state index in [9.17, 15) is 22.4 Å². The molecule has 2 rings (SSSR count). The zero-order chi connectivity index (χ0) is 19.1. The van der Waals surface area contributed by atoms with E-state index in [1.54, 1.807) is 13.8 Å². The lowest BCUT2D eigenvalue weighted by molar-refractivity contribution is -0.144. The van der Waals surface area contributed by atoms with Crippen molar-refractivity contribution in [3.63, 3.8) is 0 Å². The van der Waals surface area contributed by atoms with E-state index in [-0.39, 0.29) is 16.3 Å². The zero-order valence-corrected chi connectivity index (χ0v) is 15.6. The summed E-state index contributed by atoms with van der Waals surface area (Å²) in [6.45, 7) is 3.22. The van der Waals surface area contributed by atoms with Gasteiger partial charge in [-0.25, -0.2) is 9.18 Å². The first-order valence-corrected chi connectivity index (χ1v) is 8.11. The highest BCUT2D eigenvalue weighted by Crippen LogP contribution is 2.43. The summed E-state index contributed by atoms with van der Waals surface area (Å²) in [5.41, 5.74) is -2.06. The largest absolute Gasteiger partial charge is 0.459 e. The summed E-state index contributed by atoms with van der Waals surface area (Å²) in [7, 11) is 1.07. The molecule has 10 heteroatoms. The highest BCUT2D eigenvalue weighted by Gasteiger charge is 2.39. The number of carbonyl (C=O) groups is 1. The molecule has 0 saturated heterocycles. The number of esters is 1. The van der Waals surface area contributed by atoms with Crippen molar-refractivity contribution >= 4 is 33.5 Å². The standard InChI is InChI=1S/C15H12BrClF4N2O2/c1-6(2)25-14(24)7-4-5-8(18)9(11(7)17)12-10(16)13(15(19,20)21)23(3)22-12/h4-6H,1-3H3. The van der Waals surface area contributed by atoms with Gasteiger partial charge in [0.25, 0.3) is 0 Å². The average Bonchev–Trinajstić information content (AvgIpc) is 2.72. The summed E-state index contributed by atoms with van der Waals surface area (Å²) < 4.78 is 58.7. The molecule has 0 spiro atoms. The number of nitrogens with zero attached hydrogens (tertiary/aromatic N) is 2. The topological polar surface area (TPSA) is 44.1 Å². The normalized spacial score (nSPS) is 11.9. The van der Waals surface area contributed by atoms with E-state index in [2.05, 4.69) is 21.0 Å². The number of aromatic nitrogens is 2. The Hall–Kier alpha value is -1.61. The smallest absolute Gasteiger partial charge is 0.434 e. The molecule has 0 aliphatic heterocycles. The Morgan fingerprint density at radius 3 is 2.44 bits per heavy atom. The molecule has 0 atom stereocenters. The molecule has 1 aromatic carbocycles. The van der Waals surface area contributed by atoms with Gasteiger partial charge in [-0.3, -0.25) is 4.68 Å². The fourth-order valence-electron chi connectivity index (χ4n) is 2.17. The molecule has 0 bridgehead atoms. The van der Waals surface area contributed by atoms with Gasteiger partial charge in [-0.15, -0.1) is 0 Å². The van der Waals surface area contributed by atoms with Crippen LogP contribution in [0.15, 0.2) is 16.6 Å². The van der Waals surface area contributed by atoms with Gasteiger partial charge >= 0.3 is 12.1 Å². The second-order valence-electron chi connectivity index (χ2n) is 5.37. The van der Waals surface area contributed by atoms with Gasteiger partial charge in [0.2, 0.25) is 0 Å². The van der Waals surface area contributed by atoms with Crippen LogP contribution in [0.3, 0.4) is 0 Å². The summed E-state index contributed by atoms with van der Waals surface area (Å²) in [6, 6.07) is 2.03. The molecule has 0 unspecified atom stereocenters. The monoisotopic (exact) mass is 442 g/mol. The van der Waals surface area contributed by atoms with Crippen LogP contribution in [-0.4, -0.2) is 21.9 Å². The van der Waals surface area contributed by atoms with Gasteiger partial charge in [0.05, 0.1) is 26.7 Å². The lowest BCUT2D eigenvalue weighted by atomic mass is 10.1. The fraction of sp³-hybridized carbons (Fsp3) is 0.333. The Morgan fingerprint density at radius 2 is 1.96 bits per heavy atom. The second kappa shape index (κ2) is 6.95. The van der Waals surface area contributed by atoms with Gasteiger partial charge < -0.3 is 4.74 Å². The number of benzene rings is 1. The minimum atomic E-state index is -4.71. The van der Waals surface area contributed by atoms with Crippen molar-refractivity contribution in [3.05, 3.63) is 38.7 Å². The second-order valence-corrected chi connectivity index (χ2v) is 6.54. The van der Waals surface area contributed by atoms with Crippen molar-refractivity contribution in [3.8, 4) is 11.3 Å². The number of aryl methyl sites for hydroxylation is 1. The lowest BCUT2D eigenvalue weighted by Crippen LogP contribution is -2.12. The van der Waals surface area contributed by atoms with Crippen LogP contribution in [0, 0.1) is 5.82 Å². The predicted molar refractivity (Wildman–Crippen MR) is 86.9 cm³/mol. The molecule has 0 radical (unpaired) electrons. The molecule has 0 amide bonds. The third kappa shape index (κ3) is 3.82. The van der Waals surface area contributed by atoms with Crippen LogP contribution in [-0.2, 0) is 18.0 Å². The van der Waals surface area contributed by atoms with Crippen LogP contribution < -0.4 is 0 Å². The molecule has 0 aliphatic carbocycles. The summed E-state index contributed by atoms with van der Waals surface area (Å²) in [5.74, 6) is -1.73. The Morgan fingerprint density at radius 1 is 1.36 bits per heavy atom. The molecule has 1 heterocycles. The van der Waals surface area contributed by atoms with E-state index < -0.39 is 39.8 Å². The number of ether oxygens (including phenoxy) is 1. The van der Waals surface area contributed by atoms with E-state index >= 15 is 0 Å². The van der Waals surface area contributed by atoms with E-state index in [4.69, 9.17) is 16.3 Å². The highest BCUT2D eigenvalue weighted by atomic mass is 79.9. The number of alkyl halides is 3. The molecule has 1 aromatic heterocycles. The third-order valence-electron chi connectivity index (χ3n) is 3.15. The summed E-state index contributed by atoms with van der Waals surface area (Å²) in [5, 5.41) is 3.33. The predicted octanol–water partition coefficient (Wildman–Crippen LogP) is 5.23. The number of hydrogen-bond donors (Lipinski definition) is 0. The number of carbonyl (C=O) groups excluding carboxylic acids is 1. The van der Waals surface area contributed by atoms with E-state index in [1.165, 1.54) is 0 Å². The molecular formula is C15H12BrClF4N2O2. The zero-order valence-electron chi connectivity index (χ0n) is 13.2. The highest BCUT2D eigenvalue weighted by molar-refractivity contribution is 9.10. The fourth-order valence-corrected chi connectivity index (χ4v) is 3.25. The maximum Gasteiger partial charge on any atom is 0.434 e. The minimum absolute atomic E-state index is 0.169. The Labute approximate surface area is 153 Å². The van der Waals surface area contributed by atoms with Crippen LogP contribution >= 0.6 is 27.5 Å². The van der Waals surface area contributed by atoms with Gasteiger partial charge in [-0.2, -0.15) is 18.3 Å². The van der Waals surface area contributed by atoms with Crippen molar-refractivity contribution in [2.75, 3.05) is 0 Å². The number of hydrogen-bond acceptors (Lipinski definition) is 3. The van der Waals surface area contributed by atoms with E-state index in [0.29, 0.717) is 4.68 Å². The van der Waals surface area contributed by atoms with Crippen molar-refractivity contribution in [2.24, 2.45) is 7.05 Å². The molecule has 4 nitrogen and oxygen atoms in total. The summed E-state index contributed by atoms with van der Waals surface area (Å²) in [6.07, 6.45) is -5.16. The molecule has 0 N–H and O–H groups in total. The molecule has 25 heavy (non-hydrogen) atoms. The van der Waals surface area contributed by atoms with Crippen molar-refractivity contribution in [2.45, 2.75) is 26.1 Å². The molecule has 0 fully saturated rings. The molecule has 2 aromatic rings. The maximum absolute atomic E-state index is 14.3. The first-order chi connectivity index (χ1) is 11.4. The summed E-state index contributed by atoms with van der Waals surface area (Å²) >= 11 is 8.88. The first-order valence-electron chi connectivity index (χ1n) is 6.94. The van der Waals surface area contributed by atoms with Gasteiger partial charge in [0, 0.05) is 7.05 Å². The van der Waals surface area contributed by atoms with Crippen molar-refractivity contribution < 1.29 is 27.1 Å². The minimum Gasteiger partial charge on any atom is -0.459 e. The number of rotatable bonds is 3. The van der Waals surface area contributed by atoms with Crippen LogP contribution in [0.4, 0.5) is 17.6 Å². The quantitative estimate of drug-likeness (QED) is 0.482. The molecule has 0 aliphatic rings. The van der Waals surface area contributed by atoms with Crippen molar-refractivity contribution in [1.82, 2.24) is 9.78 Å². The molecular weight excluding hydrogens is 432 g/mol. The van der Waals surface area contributed by atoms with Crippen molar-refractivity contribution in [1.29, 1.82) is 0 Å². The Bertz CT molecular complexity index is 834. The SMILES string of the molecule is CC(C)OC(=O)c1ccc(F)c(-c2nn(C)c(C(F)(F)F)c2Br)c1Cl. The van der Waals surface area contributed by atoms with Crippen LogP contribution in [0.2, 0.25) is 5.02 Å². The molecule has 136 valence electrons. The van der Waals surface area contributed by atoms with Gasteiger partial charge in [-0.1, -0.05) is 11.6 Å². The number of halogens is 6. The van der Waals surface area contributed by atoms with Gasteiger partial charge in [0.15, 0.2) is 5.69 Å². The van der Waals surface area contributed by atoms with Gasteiger partial charge in [0.1, 0.15) is 11.5 Å². The first kappa shape index (κ1) is 19.7. The Kier molecular flexibility index (Phi) is 5.48. The molecule has 0 saturated carbocycles. The maximum atomic E-state index is 14.3. The van der Waals surface area contributed by atoms with Crippen LogP contribution in [0.5, 0.6) is 0 Å². The van der Waals surface area contributed by atoms with Crippen LogP contribution in [0.25, 0.3) is 11.3 Å². The summed E-state index contributed by atoms with van der Waals surface area (Å²) in [4.78, 5) is 12.0. The Balaban J connectivity index is 2.67. The van der Waals surface area contributed by atoms with Gasteiger partial charge in [-0.05, 0) is 41.9 Å². The van der Waals surface area contributed by atoms with E-state index in [1.807, 2.05) is 0 Å². The van der Waals surface area contributed by atoms with E-state index in [0.717, 1.165) is 19.2 Å².